The molecular formula is C37H45ClFN11O4S. The van der Waals surface area contributed by atoms with Gasteiger partial charge in [0.05, 0.1) is 33.5 Å². The lowest BCUT2D eigenvalue weighted by atomic mass is 9.95. The van der Waals surface area contributed by atoms with Crippen molar-refractivity contribution >= 4 is 67.6 Å². The van der Waals surface area contributed by atoms with Crippen LogP contribution in [-0.4, -0.2) is 121 Å². The summed E-state index contributed by atoms with van der Waals surface area (Å²) in [7, 11) is -1.87. The number of rotatable bonds is 9. The fourth-order valence-corrected chi connectivity index (χ4v) is 9.77. The molecule has 0 atom stereocenters. The highest BCUT2D eigenvalue weighted by molar-refractivity contribution is 7.89. The van der Waals surface area contributed by atoms with Crippen molar-refractivity contribution < 1.29 is 22.4 Å². The minimum Gasteiger partial charge on any atom is -0.371 e. The molecule has 6 heterocycles. The summed E-state index contributed by atoms with van der Waals surface area (Å²) in [5.74, 6) is 0.650. The number of piperidine rings is 2. The van der Waals surface area contributed by atoms with E-state index in [9.17, 15) is 18.0 Å². The number of carbonyl (C=O) groups excluding carboxylic acids is 2. The fraction of sp³-hybridized carbons (Fsp3) is 0.486. The Morgan fingerprint density at radius 1 is 0.909 bits per heavy atom. The molecule has 0 saturated carbocycles. The predicted molar refractivity (Wildman–Crippen MR) is 209 cm³/mol. The van der Waals surface area contributed by atoms with Gasteiger partial charge in [0.25, 0.3) is 0 Å². The molecule has 4 saturated heterocycles. The molecule has 2 aromatic carbocycles. The summed E-state index contributed by atoms with van der Waals surface area (Å²) in [6.45, 7) is 6.71. The van der Waals surface area contributed by atoms with Crippen LogP contribution >= 0.6 is 11.6 Å². The third-order valence-corrected chi connectivity index (χ3v) is 13.4. The maximum absolute atomic E-state index is 15.6. The van der Waals surface area contributed by atoms with Gasteiger partial charge in [-0.3, -0.25) is 24.6 Å². The Kier molecular flexibility index (Phi) is 10.5. The molecule has 4 aliphatic heterocycles. The molecule has 2 N–H and O–H groups in total. The van der Waals surface area contributed by atoms with E-state index in [0.717, 1.165) is 51.3 Å². The van der Waals surface area contributed by atoms with Crippen LogP contribution in [0.2, 0.25) is 5.02 Å². The number of piperazine rings is 1. The van der Waals surface area contributed by atoms with Crippen LogP contribution in [0.4, 0.5) is 32.3 Å². The summed E-state index contributed by atoms with van der Waals surface area (Å²) < 4.78 is 46.2. The molecular weight excluding hydrogens is 749 g/mol. The lowest BCUT2D eigenvalue weighted by molar-refractivity contribution is -0.120. The summed E-state index contributed by atoms with van der Waals surface area (Å²) >= 11 is 5.89. The number of carbonyl (C=O) groups is 2. The Balaban J connectivity index is 0.820. The first-order chi connectivity index (χ1) is 26.5. The number of aromatic nitrogens is 4. The van der Waals surface area contributed by atoms with Gasteiger partial charge < -0.3 is 15.1 Å². The normalized spacial score (nSPS) is 20.0. The smallest absolute Gasteiger partial charge is 0.329 e. The number of hydrogen-bond acceptors (Lipinski definition) is 11. The van der Waals surface area contributed by atoms with Gasteiger partial charge in [0.15, 0.2) is 5.82 Å². The Hall–Kier alpha value is -4.58. The Morgan fingerprint density at radius 3 is 2.35 bits per heavy atom. The van der Waals surface area contributed by atoms with Crippen LogP contribution < -0.4 is 25.3 Å². The lowest BCUT2D eigenvalue weighted by Gasteiger charge is -2.40. The number of hydrogen-bond donors (Lipinski definition) is 2. The maximum Gasteiger partial charge on any atom is 0.329 e. The maximum atomic E-state index is 15.6. The molecule has 4 aromatic rings. The number of fused-ring (bicyclic) bond motifs is 1. The number of halogens is 2. The van der Waals surface area contributed by atoms with Crippen molar-refractivity contribution in [2.45, 2.75) is 43.0 Å². The zero-order chi connectivity index (χ0) is 38.3. The van der Waals surface area contributed by atoms with Crippen LogP contribution in [0.3, 0.4) is 0 Å². The number of nitrogens with one attached hydrogen (secondary N) is 2. The second-order valence-electron chi connectivity index (χ2n) is 14.8. The molecule has 18 heteroatoms. The van der Waals surface area contributed by atoms with E-state index in [0.29, 0.717) is 83.2 Å². The van der Waals surface area contributed by atoms with Crippen molar-refractivity contribution in [2.24, 2.45) is 13.0 Å². The van der Waals surface area contributed by atoms with Crippen molar-refractivity contribution in [1.29, 1.82) is 0 Å². The molecule has 8 rings (SSSR count). The highest BCUT2D eigenvalue weighted by Crippen LogP contribution is 2.34. The van der Waals surface area contributed by atoms with Gasteiger partial charge in [-0.1, -0.05) is 17.7 Å². The summed E-state index contributed by atoms with van der Waals surface area (Å²) in [6.07, 6.45) is 6.55. The molecule has 0 bridgehead atoms. The molecule has 4 fully saturated rings. The van der Waals surface area contributed by atoms with Crippen LogP contribution in [0, 0.1) is 11.7 Å². The number of imide groups is 1. The zero-order valence-electron chi connectivity index (χ0n) is 30.7. The van der Waals surface area contributed by atoms with Crippen molar-refractivity contribution in [1.82, 2.24) is 34.3 Å². The number of aryl methyl sites for hydroxylation is 1. The van der Waals surface area contributed by atoms with Gasteiger partial charge in [-0.15, -0.1) is 0 Å². The summed E-state index contributed by atoms with van der Waals surface area (Å²) in [5, 5.41) is 11.1. The first kappa shape index (κ1) is 37.3. The highest BCUT2D eigenvalue weighted by atomic mass is 35.5. The molecule has 0 unspecified atom stereocenters. The number of urea groups is 1. The summed E-state index contributed by atoms with van der Waals surface area (Å²) in [6, 6.07) is 10.1. The largest absolute Gasteiger partial charge is 0.371 e. The number of amides is 3. The Labute approximate surface area is 324 Å². The van der Waals surface area contributed by atoms with E-state index in [1.54, 1.807) is 28.2 Å². The third kappa shape index (κ3) is 7.92. The van der Waals surface area contributed by atoms with Crippen molar-refractivity contribution in [3.05, 3.63) is 59.6 Å². The number of benzene rings is 2. The van der Waals surface area contributed by atoms with Gasteiger partial charge in [-0.2, -0.15) is 9.40 Å². The van der Waals surface area contributed by atoms with Gasteiger partial charge in [-0.25, -0.2) is 27.6 Å². The van der Waals surface area contributed by atoms with Gasteiger partial charge in [0.2, 0.25) is 21.9 Å². The van der Waals surface area contributed by atoms with Crippen LogP contribution in [-0.2, 0) is 21.9 Å². The molecule has 2 aromatic heterocycles. The van der Waals surface area contributed by atoms with Crippen LogP contribution in [0.1, 0.15) is 32.1 Å². The number of sulfonamides is 1. The van der Waals surface area contributed by atoms with E-state index in [-0.39, 0.29) is 30.7 Å². The van der Waals surface area contributed by atoms with Crippen LogP contribution in [0.25, 0.3) is 10.9 Å². The summed E-state index contributed by atoms with van der Waals surface area (Å²) in [5.41, 5.74) is 2.16. The lowest BCUT2D eigenvalue weighted by Crippen LogP contribution is -2.49. The van der Waals surface area contributed by atoms with Crippen molar-refractivity contribution in [3.8, 4) is 0 Å². The fourth-order valence-electron chi connectivity index (χ4n) is 8.17. The number of anilines is 4. The third-order valence-electron chi connectivity index (χ3n) is 11.3. The number of nitrogens with zero attached hydrogens (tertiary/aromatic N) is 9. The molecule has 15 nitrogen and oxygen atoms in total. The average Bonchev–Trinajstić information content (AvgIpc) is 3.50. The zero-order valence-corrected chi connectivity index (χ0v) is 32.3. The van der Waals surface area contributed by atoms with E-state index >= 15 is 4.39 Å². The van der Waals surface area contributed by atoms with Crippen molar-refractivity contribution in [2.75, 3.05) is 85.5 Å². The van der Waals surface area contributed by atoms with Crippen molar-refractivity contribution in [3.63, 3.8) is 0 Å². The minimum absolute atomic E-state index is 0.0804. The van der Waals surface area contributed by atoms with E-state index in [4.69, 9.17) is 11.6 Å². The predicted octanol–water partition coefficient (Wildman–Crippen LogP) is 3.91. The first-order valence-corrected chi connectivity index (χ1v) is 20.7. The van der Waals surface area contributed by atoms with Gasteiger partial charge in [0.1, 0.15) is 5.82 Å². The van der Waals surface area contributed by atoms with Crippen LogP contribution in [0.15, 0.2) is 53.7 Å². The standard InChI is InChI=1S/C37H45ClFN11O4S/c1-45-32-21-33(31(39)20-30(32)35(44-45)50-14-9-34(51)43-37(50)52)48-17-15-46(16-18-48)24-25-5-10-47(11-6-25)28-3-2-4-29(19-28)55(53,54)49-12-7-27(8-13-49)42-36-40-22-26(38)23-41-36/h2-4,19-23,25,27H,5-18,24H2,1H3,(H,40,41,42)(H,43,51,52). The first-order valence-electron chi connectivity index (χ1n) is 18.9. The van der Waals surface area contributed by atoms with Gasteiger partial charge in [0, 0.05) is 96.0 Å². The van der Waals surface area contributed by atoms with Crippen LogP contribution in [0.5, 0.6) is 0 Å². The molecule has 0 spiro atoms. The SMILES string of the molecule is Cn1nc(N2CCC(=O)NC2=O)c2cc(F)c(N3CCN(CC4CCN(c5cccc(S(=O)(=O)N6CCC(Nc7ncc(Cl)cn7)CC6)c5)CC4)CC3)cc21. The van der Waals surface area contributed by atoms with E-state index < -0.39 is 16.1 Å². The molecule has 3 amide bonds. The highest BCUT2D eigenvalue weighted by Gasteiger charge is 2.32. The Bertz CT molecular complexity index is 2170. The van der Waals surface area contributed by atoms with E-state index in [1.807, 2.05) is 18.2 Å². The average molecular weight is 794 g/mol. The van der Waals surface area contributed by atoms with E-state index in [1.165, 1.54) is 23.4 Å². The van der Waals surface area contributed by atoms with Gasteiger partial charge >= 0.3 is 6.03 Å². The van der Waals surface area contributed by atoms with Gasteiger partial charge in [-0.05, 0) is 61.9 Å². The molecule has 55 heavy (non-hydrogen) atoms. The summed E-state index contributed by atoms with van der Waals surface area (Å²) in [4.78, 5) is 41.0. The molecule has 0 aliphatic carbocycles. The quantitative estimate of drug-likeness (QED) is 0.254. The Morgan fingerprint density at radius 2 is 1.64 bits per heavy atom. The topological polar surface area (TPSA) is 152 Å². The molecule has 292 valence electrons. The second-order valence-corrected chi connectivity index (χ2v) is 17.2. The monoisotopic (exact) mass is 793 g/mol. The van der Waals surface area contributed by atoms with E-state index in [2.05, 4.69) is 40.4 Å². The second kappa shape index (κ2) is 15.5. The molecule has 0 radical (unpaired) electrons. The minimum atomic E-state index is -3.64. The molecule has 4 aliphatic rings.